The smallest absolute Gasteiger partial charge is 0.166 e. The van der Waals surface area contributed by atoms with E-state index >= 15 is 0 Å². The maximum absolute atomic E-state index is 14.2. The maximum Gasteiger partial charge on any atom is 0.166 e. The third-order valence-corrected chi connectivity index (χ3v) is 4.03. The molecule has 0 amide bonds. The van der Waals surface area contributed by atoms with Crippen molar-refractivity contribution in [2.24, 2.45) is 0 Å². The average molecular weight is 308 g/mol. The fourth-order valence-corrected chi connectivity index (χ4v) is 2.52. The van der Waals surface area contributed by atoms with Gasteiger partial charge in [-0.1, -0.05) is 29.8 Å². The molecule has 0 unspecified atom stereocenters. The van der Waals surface area contributed by atoms with Gasteiger partial charge in [0.25, 0.3) is 0 Å². The van der Waals surface area contributed by atoms with Gasteiger partial charge in [-0.2, -0.15) is 0 Å². The average Bonchev–Trinajstić information content (AvgIpc) is 3.28. The fraction of sp³-hybridized carbons (Fsp3) is 0.294. The van der Waals surface area contributed by atoms with Crippen molar-refractivity contribution in [3.05, 3.63) is 58.1 Å². The first-order valence-electron chi connectivity index (χ1n) is 7.03. The first-order valence-corrected chi connectivity index (χ1v) is 7.41. The normalized spacial score (nSPS) is 14.5. The van der Waals surface area contributed by atoms with Crippen LogP contribution in [0, 0.1) is 18.6 Å². The van der Waals surface area contributed by atoms with E-state index in [1.54, 1.807) is 31.2 Å². The molecule has 0 radical (unpaired) electrons. The van der Waals surface area contributed by atoms with E-state index in [9.17, 15) is 8.78 Å². The Kier molecular flexibility index (Phi) is 3.96. The topological polar surface area (TPSA) is 12.0 Å². The Morgan fingerprint density at radius 2 is 1.86 bits per heavy atom. The highest BCUT2D eigenvalue weighted by Gasteiger charge is 2.21. The molecule has 1 nitrogen and oxygen atoms in total. The van der Waals surface area contributed by atoms with Crippen LogP contribution in [-0.2, 0) is 6.54 Å². The number of halogens is 3. The molecule has 1 aliphatic rings. The lowest BCUT2D eigenvalue weighted by Gasteiger charge is -2.13. The van der Waals surface area contributed by atoms with Crippen LogP contribution in [-0.4, -0.2) is 6.04 Å². The third kappa shape index (κ3) is 3.09. The van der Waals surface area contributed by atoms with Gasteiger partial charge in [-0.05, 0) is 48.6 Å². The molecule has 0 atom stereocenters. The summed E-state index contributed by atoms with van der Waals surface area (Å²) in [5.74, 6) is -1.61. The van der Waals surface area contributed by atoms with E-state index in [2.05, 4.69) is 5.32 Å². The fourth-order valence-electron chi connectivity index (χ4n) is 2.35. The van der Waals surface area contributed by atoms with Crippen LogP contribution in [0.4, 0.5) is 8.78 Å². The molecule has 0 saturated heterocycles. The van der Waals surface area contributed by atoms with E-state index in [4.69, 9.17) is 11.6 Å². The molecule has 1 aliphatic carbocycles. The second-order valence-electron chi connectivity index (χ2n) is 5.51. The maximum atomic E-state index is 14.2. The van der Waals surface area contributed by atoms with Gasteiger partial charge in [-0.25, -0.2) is 8.78 Å². The molecular weight excluding hydrogens is 292 g/mol. The zero-order chi connectivity index (χ0) is 15.0. The zero-order valence-corrected chi connectivity index (χ0v) is 12.5. The summed E-state index contributed by atoms with van der Waals surface area (Å²) < 4.78 is 28.0. The van der Waals surface area contributed by atoms with Crippen LogP contribution in [0.2, 0.25) is 5.02 Å². The van der Waals surface area contributed by atoms with Crippen molar-refractivity contribution < 1.29 is 8.78 Å². The Labute approximate surface area is 127 Å². The van der Waals surface area contributed by atoms with Gasteiger partial charge in [0, 0.05) is 23.2 Å². The second kappa shape index (κ2) is 5.74. The molecule has 4 heteroatoms. The van der Waals surface area contributed by atoms with E-state index in [1.807, 2.05) is 6.07 Å². The van der Waals surface area contributed by atoms with Crippen LogP contribution in [0.25, 0.3) is 11.1 Å². The summed E-state index contributed by atoms with van der Waals surface area (Å²) in [6.45, 7) is 2.18. The van der Waals surface area contributed by atoms with Crippen LogP contribution >= 0.6 is 11.6 Å². The molecule has 0 aliphatic heterocycles. The second-order valence-corrected chi connectivity index (χ2v) is 5.95. The molecule has 21 heavy (non-hydrogen) atoms. The minimum atomic E-state index is -0.815. The lowest BCUT2D eigenvalue weighted by atomic mass is 9.97. The molecule has 0 bridgehead atoms. The molecule has 0 spiro atoms. The number of hydrogen-bond donors (Lipinski definition) is 1. The predicted molar refractivity (Wildman–Crippen MR) is 81.4 cm³/mol. The monoisotopic (exact) mass is 307 g/mol. The molecule has 0 heterocycles. The van der Waals surface area contributed by atoms with E-state index in [-0.39, 0.29) is 5.56 Å². The minimum Gasteiger partial charge on any atom is -0.310 e. The Balaban J connectivity index is 2.03. The summed E-state index contributed by atoms with van der Waals surface area (Å²) in [6, 6.07) is 9.08. The van der Waals surface area contributed by atoms with Crippen molar-refractivity contribution in [3.63, 3.8) is 0 Å². The summed E-state index contributed by atoms with van der Waals surface area (Å²) >= 11 is 6.03. The van der Waals surface area contributed by atoms with Crippen molar-refractivity contribution in [2.45, 2.75) is 32.4 Å². The molecule has 2 aromatic carbocycles. The number of aryl methyl sites for hydroxylation is 1. The Hall–Kier alpha value is -1.45. The van der Waals surface area contributed by atoms with Gasteiger partial charge in [-0.3, -0.25) is 0 Å². The van der Waals surface area contributed by atoms with Crippen LogP contribution in [0.5, 0.6) is 0 Å². The van der Waals surface area contributed by atoms with Crippen LogP contribution in [0.3, 0.4) is 0 Å². The van der Waals surface area contributed by atoms with Crippen LogP contribution in [0.1, 0.15) is 24.0 Å². The Morgan fingerprint density at radius 1 is 1.10 bits per heavy atom. The van der Waals surface area contributed by atoms with Crippen molar-refractivity contribution in [1.29, 1.82) is 0 Å². The van der Waals surface area contributed by atoms with Crippen molar-refractivity contribution in [3.8, 4) is 11.1 Å². The standard InChI is InChI=1S/C17H16ClF2N/c1-10-2-7-14(17(20)16(10)19)15-8-12(18)4-3-11(15)9-21-13-5-6-13/h2-4,7-8,13,21H,5-6,9H2,1H3. The number of nitrogens with one attached hydrogen (secondary N) is 1. The Bertz CT molecular complexity index is 681. The summed E-state index contributed by atoms with van der Waals surface area (Å²) in [5, 5.41) is 3.90. The lowest BCUT2D eigenvalue weighted by molar-refractivity contribution is 0.505. The van der Waals surface area contributed by atoms with Crippen LogP contribution in [0.15, 0.2) is 30.3 Å². The zero-order valence-electron chi connectivity index (χ0n) is 11.7. The van der Waals surface area contributed by atoms with Gasteiger partial charge in [0.15, 0.2) is 11.6 Å². The highest BCUT2D eigenvalue weighted by molar-refractivity contribution is 6.30. The van der Waals surface area contributed by atoms with Crippen LogP contribution < -0.4 is 5.32 Å². The number of hydrogen-bond acceptors (Lipinski definition) is 1. The van der Waals surface area contributed by atoms with Gasteiger partial charge in [-0.15, -0.1) is 0 Å². The molecule has 0 aromatic heterocycles. The first-order chi connectivity index (χ1) is 10.1. The van der Waals surface area contributed by atoms with E-state index in [0.717, 1.165) is 5.56 Å². The summed E-state index contributed by atoms with van der Waals surface area (Å²) in [4.78, 5) is 0. The van der Waals surface area contributed by atoms with Gasteiger partial charge < -0.3 is 5.32 Å². The Morgan fingerprint density at radius 3 is 2.57 bits per heavy atom. The van der Waals surface area contributed by atoms with Crippen molar-refractivity contribution in [1.82, 2.24) is 5.32 Å². The molecule has 1 saturated carbocycles. The third-order valence-electron chi connectivity index (χ3n) is 3.80. The van der Waals surface area contributed by atoms with E-state index in [0.29, 0.717) is 28.7 Å². The molecular formula is C17H16ClF2N. The molecule has 3 rings (SSSR count). The highest BCUT2D eigenvalue weighted by atomic mass is 35.5. The molecule has 1 N–H and O–H groups in total. The molecule has 1 fully saturated rings. The predicted octanol–water partition coefficient (Wildman–Crippen LogP) is 4.85. The van der Waals surface area contributed by atoms with Gasteiger partial charge in [0.2, 0.25) is 0 Å². The lowest BCUT2D eigenvalue weighted by Crippen LogP contribution is -2.16. The van der Waals surface area contributed by atoms with E-state index in [1.165, 1.54) is 12.8 Å². The summed E-state index contributed by atoms with van der Waals surface area (Å²) in [7, 11) is 0. The quantitative estimate of drug-likeness (QED) is 0.852. The van der Waals surface area contributed by atoms with Gasteiger partial charge in [0.05, 0.1) is 0 Å². The number of rotatable bonds is 4. The first kappa shape index (κ1) is 14.5. The van der Waals surface area contributed by atoms with Crippen molar-refractivity contribution in [2.75, 3.05) is 0 Å². The van der Waals surface area contributed by atoms with Gasteiger partial charge in [0.1, 0.15) is 0 Å². The van der Waals surface area contributed by atoms with Gasteiger partial charge >= 0.3 is 0 Å². The SMILES string of the molecule is Cc1ccc(-c2cc(Cl)ccc2CNC2CC2)c(F)c1F. The molecule has 110 valence electrons. The number of benzene rings is 2. The molecule has 2 aromatic rings. The minimum absolute atomic E-state index is 0.258. The van der Waals surface area contributed by atoms with Crippen molar-refractivity contribution >= 4 is 11.6 Å². The van der Waals surface area contributed by atoms with E-state index < -0.39 is 11.6 Å². The largest absolute Gasteiger partial charge is 0.310 e. The summed E-state index contributed by atoms with van der Waals surface area (Å²) in [5.41, 5.74) is 2.13. The summed E-state index contributed by atoms with van der Waals surface area (Å²) in [6.07, 6.45) is 2.35. The highest BCUT2D eigenvalue weighted by Crippen LogP contribution is 2.31.